The zero-order valence-corrected chi connectivity index (χ0v) is 62.9. The van der Waals surface area contributed by atoms with Crippen LogP contribution in [0, 0.1) is 53.3 Å². The van der Waals surface area contributed by atoms with Gasteiger partial charge in [0.25, 0.3) is 0 Å². The number of aliphatic hydroxyl groups is 8. The van der Waals surface area contributed by atoms with Crippen LogP contribution in [0.1, 0.15) is 291 Å². The lowest BCUT2D eigenvalue weighted by Crippen LogP contribution is -2.26. The van der Waals surface area contributed by atoms with Crippen LogP contribution in [0.2, 0.25) is 0 Å². The van der Waals surface area contributed by atoms with Gasteiger partial charge in [0.2, 0.25) is 0 Å². The van der Waals surface area contributed by atoms with Crippen LogP contribution in [0.15, 0.2) is 0 Å². The summed E-state index contributed by atoms with van der Waals surface area (Å²) in [7, 11) is 0. The lowest BCUT2D eigenvalue weighted by molar-refractivity contribution is -0.0481. The highest BCUT2D eigenvalue weighted by molar-refractivity contribution is 4.80. The van der Waals surface area contributed by atoms with Crippen molar-refractivity contribution in [3.8, 4) is 0 Å². The van der Waals surface area contributed by atoms with E-state index in [0.29, 0.717) is 129 Å². The zero-order valence-electron chi connectivity index (χ0n) is 62.9. The Morgan fingerprint density at radius 1 is 0.258 bits per heavy atom. The molecule has 0 aromatic rings. The van der Waals surface area contributed by atoms with Gasteiger partial charge in [0.05, 0.1) is 98.2 Å². The highest BCUT2D eigenvalue weighted by atomic mass is 16.5. The van der Waals surface area contributed by atoms with E-state index in [1.165, 1.54) is 83.5 Å². The first-order chi connectivity index (χ1) is 44.1. The van der Waals surface area contributed by atoms with Crippen LogP contribution < -0.4 is 0 Å². The molecule has 12 unspecified atom stereocenters. The molecule has 8 aliphatic rings. The maximum Gasteiger partial charge on any atom is 0.0837 e. The van der Waals surface area contributed by atoms with E-state index >= 15 is 0 Å². The summed E-state index contributed by atoms with van der Waals surface area (Å²) in [5.74, 6) is 5.48. The Balaban J connectivity index is 0.000000532. The Morgan fingerprint density at radius 2 is 0.613 bits per heavy atom. The van der Waals surface area contributed by atoms with Gasteiger partial charge in [0.1, 0.15) is 0 Å². The van der Waals surface area contributed by atoms with Gasteiger partial charge in [0, 0.05) is 52.9 Å². The Kier molecular flexibility index (Phi) is 53.5. The molecule has 0 aliphatic heterocycles. The first kappa shape index (κ1) is 90.4. The Labute approximate surface area is 571 Å². The first-order valence-electron chi connectivity index (χ1n) is 38.3. The fourth-order valence-electron chi connectivity index (χ4n) is 13.8. The molecule has 16 heteroatoms. The molecule has 8 aliphatic carbocycles. The highest BCUT2D eigenvalue weighted by Crippen LogP contribution is 2.34. The molecule has 0 saturated heterocycles. The van der Waals surface area contributed by atoms with Crippen molar-refractivity contribution in [2.24, 2.45) is 53.3 Å². The average Bonchev–Trinajstić information content (AvgIpc) is 3.56. The summed E-state index contributed by atoms with van der Waals surface area (Å²) in [5, 5.41) is 73.0. The van der Waals surface area contributed by atoms with E-state index in [-0.39, 0.29) is 36.6 Å². The maximum absolute atomic E-state index is 9.39. The van der Waals surface area contributed by atoms with Crippen LogP contribution in [-0.2, 0) is 37.9 Å². The summed E-state index contributed by atoms with van der Waals surface area (Å²) in [6, 6.07) is 0. The lowest BCUT2D eigenvalue weighted by Gasteiger charge is -2.28. The third-order valence-corrected chi connectivity index (χ3v) is 19.2. The van der Waals surface area contributed by atoms with Gasteiger partial charge < -0.3 is 78.7 Å². The number of hydrogen-bond donors (Lipinski definition) is 8. The van der Waals surface area contributed by atoms with Crippen molar-refractivity contribution in [3.63, 3.8) is 0 Å². The SMILES string of the molecule is CC(C)OC1CCC(O)C1.CC(C)OC1CCC(O)CC1.CC(C)OC1CCCC1O.CC(C)OCC1CCC(CO)C1.CC(C)OCC1CCC(CO)CC1.CC(C)OCC1CCCC(CO)C1.CC(C)OCC1CCCC(O)C1.CC(C)OCC1CCCC1CO. The second-order valence-electron chi connectivity index (χ2n) is 31.2. The second-order valence-corrected chi connectivity index (χ2v) is 31.2. The number of ether oxygens (including phenoxy) is 8. The zero-order chi connectivity index (χ0) is 69.7. The molecule has 8 N–H and O–H groups in total. The number of rotatable bonds is 25. The molecule has 16 nitrogen and oxygen atoms in total. The Hall–Kier alpha value is -0.640. The molecule has 0 radical (unpaired) electrons. The van der Waals surface area contributed by atoms with E-state index in [9.17, 15) is 15.3 Å². The van der Waals surface area contributed by atoms with Gasteiger partial charge in [-0.15, -0.1) is 0 Å². The third kappa shape index (κ3) is 48.7. The van der Waals surface area contributed by atoms with Crippen LogP contribution in [0.25, 0.3) is 0 Å². The molecule has 558 valence electrons. The molecular weight excluding hydrogens is 1180 g/mol. The van der Waals surface area contributed by atoms with E-state index in [1.807, 2.05) is 27.7 Å². The quantitative estimate of drug-likeness (QED) is 0.0424. The van der Waals surface area contributed by atoms with Crippen LogP contribution in [0.5, 0.6) is 0 Å². The van der Waals surface area contributed by atoms with Gasteiger partial charge >= 0.3 is 0 Å². The minimum atomic E-state index is -0.206. The fourth-order valence-corrected chi connectivity index (χ4v) is 13.8. The van der Waals surface area contributed by atoms with Crippen LogP contribution in [0.3, 0.4) is 0 Å². The largest absolute Gasteiger partial charge is 0.396 e. The molecule has 8 saturated carbocycles. The second kappa shape index (κ2) is 55.1. The van der Waals surface area contributed by atoms with Crippen LogP contribution in [0.4, 0.5) is 0 Å². The van der Waals surface area contributed by atoms with Crippen molar-refractivity contribution >= 4 is 0 Å². The lowest BCUT2D eigenvalue weighted by atomic mass is 9.82. The summed E-state index contributed by atoms with van der Waals surface area (Å²) in [5.41, 5.74) is 0. The molecule has 0 spiro atoms. The summed E-state index contributed by atoms with van der Waals surface area (Å²) < 4.78 is 44.4. The van der Waals surface area contributed by atoms with Gasteiger partial charge in [-0.3, -0.25) is 0 Å². The van der Waals surface area contributed by atoms with E-state index < -0.39 is 0 Å². The van der Waals surface area contributed by atoms with Gasteiger partial charge in [-0.05, 0) is 325 Å². The summed E-state index contributed by atoms with van der Waals surface area (Å²) in [4.78, 5) is 0. The minimum Gasteiger partial charge on any atom is -0.396 e. The Morgan fingerprint density at radius 3 is 1.04 bits per heavy atom. The highest BCUT2D eigenvalue weighted by Gasteiger charge is 2.30. The molecule has 0 aromatic carbocycles. The molecule has 12 atom stereocenters. The van der Waals surface area contributed by atoms with Gasteiger partial charge in [-0.25, -0.2) is 0 Å². The fraction of sp³-hybridized carbons (Fsp3) is 1.00. The number of aliphatic hydroxyl groups excluding tert-OH is 8. The third-order valence-electron chi connectivity index (χ3n) is 19.2. The van der Waals surface area contributed by atoms with Crippen molar-refractivity contribution in [1.82, 2.24) is 0 Å². The smallest absolute Gasteiger partial charge is 0.0837 e. The van der Waals surface area contributed by atoms with E-state index in [2.05, 4.69) is 83.1 Å². The number of hydrogen-bond acceptors (Lipinski definition) is 16. The molecule has 0 bridgehead atoms. The molecule has 8 rings (SSSR count). The average molecular weight is 1340 g/mol. The Bertz CT molecular complexity index is 1640. The molecule has 0 heterocycles. The molecular formula is C77H154O16. The van der Waals surface area contributed by atoms with Crippen molar-refractivity contribution in [1.29, 1.82) is 0 Å². The monoisotopic (exact) mass is 1340 g/mol. The minimum absolute atomic E-state index is 0.0676. The molecule has 0 amide bonds. The van der Waals surface area contributed by atoms with E-state index in [1.54, 1.807) is 0 Å². The maximum atomic E-state index is 9.39. The molecule has 93 heavy (non-hydrogen) atoms. The van der Waals surface area contributed by atoms with Crippen molar-refractivity contribution < 1.29 is 78.7 Å². The van der Waals surface area contributed by atoms with Crippen LogP contribution in [-0.4, -0.2) is 192 Å². The van der Waals surface area contributed by atoms with Crippen molar-refractivity contribution in [2.45, 2.75) is 382 Å². The topological polar surface area (TPSA) is 236 Å². The van der Waals surface area contributed by atoms with Gasteiger partial charge in [-0.2, -0.15) is 0 Å². The predicted octanol–water partition coefficient (Wildman–Crippen LogP) is 14.4. The molecule has 0 aromatic heterocycles. The van der Waals surface area contributed by atoms with Crippen molar-refractivity contribution in [3.05, 3.63) is 0 Å². The van der Waals surface area contributed by atoms with Crippen molar-refractivity contribution in [2.75, 3.05) is 59.5 Å². The van der Waals surface area contributed by atoms with Crippen LogP contribution >= 0.6 is 0 Å². The summed E-state index contributed by atoms with van der Waals surface area (Å²) in [6.45, 7) is 38.6. The van der Waals surface area contributed by atoms with E-state index in [4.69, 9.17) is 63.4 Å². The summed E-state index contributed by atoms with van der Waals surface area (Å²) >= 11 is 0. The standard InChI is InChI=1S/2C11H22O2.3C10H20O2.C9H18O2.2C8H16O2/c1-9(2)13-8-11-5-3-10(7-12)4-6-11;1-9(2)13-8-11-5-3-4-10(6-11)7-12;1-8(2)12-7-10-4-3-9(5-10)6-11;1-8(2)12-7-10-5-3-4-9(10)6-11;1-8(2)12-7-9-4-3-5-10(11)6-9;1-7(2)11-9-5-3-8(10)4-6-9;1-6(2)10-8-4-3-7(9)5-8;1-6(2)10-8-5-3-4-7(8)9/h2*9-12H,3-8H2,1-2H3;3*8-11H,3-7H2,1-2H3;7-10H,3-6H2,1-2H3;2*6-9H,3-5H2,1-2H3. The normalized spacial score (nSPS) is 31.1. The summed E-state index contributed by atoms with van der Waals surface area (Å²) in [6.07, 6.45) is 33.9. The van der Waals surface area contributed by atoms with Gasteiger partial charge in [0.15, 0.2) is 0 Å². The predicted molar refractivity (Wildman–Crippen MR) is 379 cm³/mol. The van der Waals surface area contributed by atoms with E-state index in [0.717, 1.165) is 135 Å². The first-order valence-corrected chi connectivity index (χ1v) is 38.3. The molecule has 8 fully saturated rings. The van der Waals surface area contributed by atoms with Gasteiger partial charge in [-0.1, -0.05) is 19.3 Å².